The Balaban J connectivity index is 1.32. The third-order valence-corrected chi connectivity index (χ3v) is 3.95. The Morgan fingerprint density at radius 1 is 1.33 bits per heavy atom. The molecule has 1 aliphatic heterocycles. The van der Waals surface area contributed by atoms with E-state index in [4.69, 9.17) is 9.47 Å². The Morgan fingerprint density at radius 3 is 3.00 bits per heavy atom. The molecule has 1 aliphatic rings. The van der Waals surface area contributed by atoms with Crippen LogP contribution >= 0.6 is 0 Å². The number of aryl methyl sites for hydroxylation is 2. The summed E-state index contributed by atoms with van der Waals surface area (Å²) >= 11 is 0. The number of hydrogen-bond acceptors (Lipinski definition) is 4. The number of nitrogens with zero attached hydrogens (tertiary/aromatic N) is 2. The molecule has 3 rings (SSSR count). The summed E-state index contributed by atoms with van der Waals surface area (Å²) in [5.74, 6) is 1.83. The second-order valence-corrected chi connectivity index (χ2v) is 5.97. The minimum absolute atomic E-state index is 0.0600. The van der Waals surface area contributed by atoms with E-state index in [9.17, 15) is 4.79 Å². The molecule has 1 N–H and O–H groups in total. The van der Waals surface area contributed by atoms with Gasteiger partial charge >= 0.3 is 0 Å². The first-order valence-corrected chi connectivity index (χ1v) is 8.28. The van der Waals surface area contributed by atoms with Gasteiger partial charge in [0.2, 0.25) is 5.91 Å². The average molecular weight is 329 g/mol. The van der Waals surface area contributed by atoms with Crippen LogP contribution in [0.15, 0.2) is 36.5 Å². The number of ether oxygens (including phenoxy) is 2. The van der Waals surface area contributed by atoms with E-state index in [0.717, 1.165) is 36.7 Å². The summed E-state index contributed by atoms with van der Waals surface area (Å²) in [5, 5.41) is 3.02. The predicted molar refractivity (Wildman–Crippen MR) is 90.0 cm³/mol. The van der Waals surface area contributed by atoms with Gasteiger partial charge in [0.25, 0.3) is 0 Å². The Labute approximate surface area is 141 Å². The summed E-state index contributed by atoms with van der Waals surface area (Å²) in [7, 11) is 0. The van der Waals surface area contributed by atoms with Crippen molar-refractivity contribution in [1.82, 2.24) is 14.9 Å². The zero-order chi connectivity index (χ0) is 16.8. The zero-order valence-corrected chi connectivity index (χ0v) is 13.9. The van der Waals surface area contributed by atoms with Gasteiger partial charge in [0.15, 0.2) is 0 Å². The molecule has 1 amide bonds. The van der Waals surface area contributed by atoms with Gasteiger partial charge in [0, 0.05) is 25.2 Å². The number of nitrogens with one attached hydrogen (secondary N) is 1. The smallest absolute Gasteiger partial charge is 0.246 e. The van der Waals surface area contributed by atoms with Crippen molar-refractivity contribution in [1.29, 1.82) is 0 Å². The van der Waals surface area contributed by atoms with E-state index in [1.807, 2.05) is 43.5 Å². The lowest BCUT2D eigenvalue weighted by atomic mass is 10.1. The standard InChI is InChI=1S/C18H23N3O3/c1-14-11-21-12-15(7-8-17(21)19-14)20-18(22)13-23-9-10-24-16-5-3-2-4-6-16/h2-6,11,15H,7-10,12-13H2,1H3,(H,20,22)/t15-/m0/s1. The van der Waals surface area contributed by atoms with Crippen LogP contribution in [0, 0.1) is 6.92 Å². The Kier molecular flexibility index (Phi) is 5.48. The second kappa shape index (κ2) is 7.97. The molecule has 0 fully saturated rings. The van der Waals surface area contributed by atoms with E-state index in [0.29, 0.717) is 13.2 Å². The van der Waals surface area contributed by atoms with Crippen LogP contribution in [-0.4, -0.2) is 41.3 Å². The van der Waals surface area contributed by atoms with Crippen LogP contribution in [0.2, 0.25) is 0 Å². The SMILES string of the molecule is Cc1cn2c(n1)CC[C@H](NC(=O)COCCOc1ccccc1)C2. The lowest BCUT2D eigenvalue weighted by Crippen LogP contribution is -2.42. The molecule has 6 heteroatoms. The molecule has 2 aromatic rings. The van der Waals surface area contributed by atoms with E-state index in [-0.39, 0.29) is 18.6 Å². The van der Waals surface area contributed by atoms with Crippen LogP contribution in [0.5, 0.6) is 5.75 Å². The van der Waals surface area contributed by atoms with Crippen LogP contribution in [0.25, 0.3) is 0 Å². The van der Waals surface area contributed by atoms with Crippen LogP contribution in [0.1, 0.15) is 17.9 Å². The second-order valence-electron chi connectivity index (χ2n) is 5.97. The van der Waals surface area contributed by atoms with Crippen molar-refractivity contribution < 1.29 is 14.3 Å². The van der Waals surface area contributed by atoms with Gasteiger partial charge in [-0.1, -0.05) is 18.2 Å². The minimum atomic E-state index is -0.0833. The van der Waals surface area contributed by atoms with Crippen molar-refractivity contribution in [3.8, 4) is 5.75 Å². The number of imidazole rings is 1. The van der Waals surface area contributed by atoms with Crippen LogP contribution in [-0.2, 0) is 22.5 Å². The monoisotopic (exact) mass is 329 g/mol. The number of aromatic nitrogens is 2. The maximum Gasteiger partial charge on any atom is 0.246 e. The van der Waals surface area contributed by atoms with E-state index in [2.05, 4.69) is 14.9 Å². The molecule has 1 aromatic carbocycles. The highest BCUT2D eigenvalue weighted by Gasteiger charge is 2.21. The topological polar surface area (TPSA) is 65.4 Å². The molecule has 0 radical (unpaired) electrons. The molecule has 0 saturated carbocycles. The molecule has 1 aromatic heterocycles. The highest BCUT2D eigenvalue weighted by atomic mass is 16.5. The van der Waals surface area contributed by atoms with Crippen molar-refractivity contribution in [2.45, 2.75) is 32.4 Å². The molecule has 0 bridgehead atoms. The van der Waals surface area contributed by atoms with E-state index < -0.39 is 0 Å². The largest absolute Gasteiger partial charge is 0.491 e. The van der Waals surface area contributed by atoms with E-state index >= 15 is 0 Å². The number of rotatable bonds is 7. The fourth-order valence-corrected chi connectivity index (χ4v) is 2.87. The van der Waals surface area contributed by atoms with Gasteiger partial charge < -0.3 is 19.4 Å². The third-order valence-electron chi connectivity index (χ3n) is 3.95. The van der Waals surface area contributed by atoms with Crippen molar-refractivity contribution in [3.63, 3.8) is 0 Å². The van der Waals surface area contributed by atoms with Crippen LogP contribution in [0.4, 0.5) is 0 Å². The first-order valence-electron chi connectivity index (χ1n) is 8.28. The molecule has 6 nitrogen and oxygen atoms in total. The Bertz CT molecular complexity index is 669. The van der Waals surface area contributed by atoms with Gasteiger partial charge in [-0.25, -0.2) is 4.98 Å². The fraction of sp³-hybridized carbons (Fsp3) is 0.444. The number of benzene rings is 1. The number of carbonyl (C=O) groups is 1. The van der Waals surface area contributed by atoms with Gasteiger partial charge in [-0.05, 0) is 25.5 Å². The molecule has 0 saturated heterocycles. The van der Waals surface area contributed by atoms with Crippen molar-refractivity contribution in [3.05, 3.63) is 48.0 Å². The summed E-state index contributed by atoms with van der Waals surface area (Å²) in [6.07, 6.45) is 3.84. The average Bonchev–Trinajstić information content (AvgIpc) is 2.95. The van der Waals surface area contributed by atoms with Gasteiger partial charge in [-0.2, -0.15) is 0 Å². The van der Waals surface area contributed by atoms with Crippen LogP contribution < -0.4 is 10.1 Å². The Morgan fingerprint density at radius 2 is 2.17 bits per heavy atom. The zero-order valence-electron chi connectivity index (χ0n) is 13.9. The molecule has 1 atom stereocenters. The van der Waals surface area contributed by atoms with Crippen LogP contribution in [0.3, 0.4) is 0 Å². The Hall–Kier alpha value is -2.34. The molecule has 2 heterocycles. The van der Waals surface area contributed by atoms with Gasteiger partial charge in [-0.3, -0.25) is 4.79 Å². The fourth-order valence-electron chi connectivity index (χ4n) is 2.87. The van der Waals surface area contributed by atoms with Crippen molar-refractivity contribution in [2.75, 3.05) is 19.8 Å². The summed E-state index contributed by atoms with van der Waals surface area (Å²) in [6, 6.07) is 9.70. The number of amides is 1. The first-order chi connectivity index (χ1) is 11.7. The lowest BCUT2D eigenvalue weighted by Gasteiger charge is -2.24. The number of hydrogen-bond donors (Lipinski definition) is 1. The maximum absolute atomic E-state index is 12.0. The van der Waals surface area contributed by atoms with Crippen molar-refractivity contribution >= 4 is 5.91 Å². The minimum Gasteiger partial charge on any atom is -0.491 e. The highest BCUT2D eigenvalue weighted by molar-refractivity contribution is 5.77. The molecule has 0 aliphatic carbocycles. The first kappa shape index (κ1) is 16.5. The molecular weight excluding hydrogens is 306 g/mol. The number of carbonyl (C=O) groups excluding carboxylic acids is 1. The lowest BCUT2D eigenvalue weighted by molar-refractivity contribution is -0.126. The normalized spacial score (nSPS) is 16.5. The molecule has 0 unspecified atom stereocenters. The number of para-hydroxylation sites is 1. The maximum atomic E-state index is 12.0. The summed E-state index contributed by atoms with van der Waals surface area (Å²) in [4.78, 5) is 16.4. The summed E-state index contributed by atoms with van der Waals surface area (Å²) < 4.78 is 13.0. The molecule has 128 valence electrons. The third kappa shape index (κ3) is 4.58. The van der Waals surface area contributed by atoms with Gasteiger partial charge in [-0.15, -0.1) is 0 Å². The number of fused-ring (bicyclic) bond motifs is 1. The van der Waals surface area contributed by atoms with E-state index in [1.54, 1.807) is 0 Å². The molecule has 24 heavy (non-hydrogen) atoms. The predicted octanol–water partition coefficient (Wildman–Crippen LogP) is 1.72. The van der Waals surface area contributed by atoms with Crippen molar-refractivity contribution in [2.24, 2.45) is 0 Å². The highest BCUT2D eigenvalue weighted by Crippen LogP contribution is 2.15. The van der Waals surface area contributed by atoms with E-state index in [1.165, 1.54) is 0 Å². The summed E-state index contributed by atoms with van der Waals surface area (Å²) in [5.41, 5.74) is 1.03. The van der Waals surface area contributed by atoms with Gasteiger partial charge in [0.05, 0.1) is 12.3 Å². The quantitative estimate of drug-likeness (QED) is 0.786. The molecule has 0 spiro atoms. The van der Waals surface area contributed by atoms with Gasteiger partial charge in [0.1, 0.15) is 24.8 Å². The summed E-state index contributed by atoms with van der Waals surface area (Å²) in [6.45, 7) is 3.64. The molecular formula is C18H23N3O3.